The van der Waals surface area contributed by atoms with Gasteiger partial charge in [-0.05, 0) is 45.9 Å². The van der Waals surface area contributed by atoms with E-state index in [9.17, 15) is 31.0 Å². The maximum atomic E-state index is 14.0. The summed E-state index contributed by atoms with van der Waals surface area (Å²) >= 11 is 0. The zero-order valence-corrected chi connectivity index (χ0v) is 18.9. The van der Waals surface area contributed by atoms with E-state index in [-0.39, 0.29) is 37.3 Å². The van der Waals surface area contributed by atoms with E-state index in [1.165, 1.54) is 6.07 Å². The zero-order chi connectivity index (χ0) is 24.7. The van der Waals surface area contributed by atoms with Crippen LogP contribution in [0.2, 0.25) is 0 Å². The minimum absolute atomic E-state index is 0.107. The quantitative estimate of drug-likeness (QED) is 0.476. The van der Waals surface area contributed by atoms with Gasteiger partial charge in [0.2, 0.25) is 5.91 Å². The van der Waals surface area contributed by atoms with E-state index in [0.29, 0.717) is 36.1 Å². The molecule has 1 amide bonds. The Bertz CT molecular complexity index is 1160. The second-order valence-corrected chi connectivity index (χ2v) is 11.3. The highest BCUT2D eigenvalue weighted by molar-refractivity contribution is 8.00. The highest BCUT2D eigenvalue weighted by Crippen LogP contribution is 2.33. The molecule has 2 fully saturated rings. The predicted octanol–water partition coefficient (Wildman–Crippen LogP) is 3.29. The molecule has 2 saturated heterocycles. The molecule has 34 heavy (non-hydrogen) atoms. The molecule has 0 bridgehead atoms. The van der Waals surface area contributed by atoms with E-state index in [2.05, 4.69) is 15.8 Å². The van der Waals surface area contributed by atoms with E-state index in [1.807, 2.05) is 0 Å². The van der Waals surface area contributed by atoms with Gasteiger partial charge in [-0.15, -0.1) is 0 Å². The third-order valence-corrected chi connectivity index (χ3v) is 8.23. The van der Waals surface area contributed by atoms with Crippen molar-refractivity contribution >= 4 is 27.1 Å². The van der Waals surface area contributed by atoms with Gasteiger partial charge in [-0.1, -0.05) is 6.07 Å². The van der Waals surface area contributed by atoms with Gasteiger partial charge in [-0.2, -0.15) is 13.2 Å². The van der Waals surface area contributed by atoms with Gasteiger partial charge < -0.3 is 9.80 Å². The van der Waals surface area contributed by atoms with Gasteiger partial charge in [0.25, 0.3) is 0 Å². The smallest absolute Gasteiger partial charge is 0.351 e. The number of anilines is 1. The average molecular weight is 503 g/mol. The monoisotopic (exact) mass is 502 g/mol. The Hall–Kier alpha value is -2.76. The van der Waals surface area contributed by atoms with Gasteiger partial charge in [0, 0.05) is 37.1 Å². The van der Waals surface area contributed by atoms with Gasteiger partial charge in [0.1, 0.15) is 5.82 Å². The molecule has 4 rings (SSSR count). The molecular weight excluding hydrogens is 479 g/mol. The number of aromatic nitrogens is 2. The Balaban J connectivity index is 1.60. The molecule has 184 valence electrons. The topological polar surface area (TPSA) is 66.4 Å². The normalized spacial score (nSPS) is 25.9. The van der Waals surface area contributed by atoms with Crippen molar-refractivity contribution in [1.29, 1.82) is 0 Å². The minimum atomic E-state index is -4.62. The van der Waals surface area contributed by atoms with Crippen LogP contribution in [0.3, 0.4) is 0 Å². The van der Waals surface area contributed by atoms with Crippen LogP contribution in [0.4, 0.5) is 27.8 Å². The largest absolute Gasteiger partial charge is 0.434 e. The Morgan fingerprint density at radius 2 is 1.76 bits per heavy atom. The summed E-state index contributed by atoms with van der Waals surface area (Å²) in [6.45, 7) is 0.571. The lowest BCUT2D eigenvalue weighted by molar-refractivity contribution is -0.141. The first kappa shape index (κ1) is 24.4. The first-order chi connectivity index (χ1) is 15.9. The zero-order valence-electron chi connectivity index (χ0n) is 18.1. The summed E-state index contributed by atoms with van der Waals surface area (Å²) in [6.07, 6.45) is -2.12. The number of amides is 1. The molecule has 1 unspecified atom stereocenters. The highest BCUT2D eigenvalue weighted by Gasteiger charge is 2.38. The van der Waals surface area contributed by atoms with Gasteiger partial charge in [0.15, 0.2) is 17.3 Å². The molecule has 0 aliphatic carbocycles. The van der Waals surface area contributed by atoms with Crippen LogP contribution in [0.25, 0.3) is 0 Å². The van der Waals surface area contributed by atoms with Crippen LogP contribution in [-0.2, 0) is 20.5 Å². The van der Waals surface area contributed by atoms with Crippen LogP contribution < -0.4 is 4.90 Å². The molecule has 2 aromatic rings. The average Bonchev–Trinajstić information content (AvgIpc) is 2.79. The van der Waals surface area contributed by atoms with Crippen LogP contribution in [-0.4, -0.2) is 62.0 Å². The molecule has 2 aliphatic rings. The van der Waals surface area contributed by atoms with Crippen molar-refractivity contribution in [1.82, 2.24) is 14.9 Å². The Labute approximate surface area is 193 Å². The van der Waals surface area contributed by atoms with Crippen molar-refractivity contribution in [2.45, 2.75) is 25.1 Å². The SMILES string of the molecule is C=S1(=O)CCC(C(=O)N2CCN(c3cnc(C(F)(F)F)cn3)CC2c2ccc(F)c(F)c2)CC1. The van der Waals surface area contributed by atoms with Crippen molar-refractivity contribution in [3.63, 3.8) is 0 Å². The maximum absolute atomic E-state index is 14.0. The fourth-order valence-electron chi connectivity index (χ4n) is 4.33. The second-order valence-electron chi connectivity index (χ2n) is 8.57. The lowest BCUT2D eigenvalue weighted by Gasteiger charge is -2.44. The molecule has 1 aromatic heterocycles. The van der Waals surface area contributed by atoms with Crippen molar-refractivity contribution in [3.05, 3.63) is 53.5 Å². The summed E-state index contributed by atoms with van der Waals surface area (Å²) in [4.78, 5) is 23.9. The standard InChI is InChI=1S/C22H23F5N4O2S/c1-34(33)8-4-14(5-9-34)21(32)31-7-6-30(20-12-28-19(11-29-20)22(25,26)27)13-18(31)15-2-3-16(23)17(24)10-15/h2-3,10-12,14,18H,1,4-9,13H2. The van der Waals surface area contributed by atoms with Crippen molar-refractivity contribution in [3.8, 4) is 0 Å². The number of hydrogen-bond donors (Lipinski definition) is 0. The fraction of sp³-hybridized carbons (Fsp3) is 0.455. The molecule has 0 spiro atoms. The van der Waals surface area contributed by atoms with E-state index >= 15 is 0 Å². The molecule has 0 N–H and O–H groups in total. The number of carbonyl (C=O) groups excluding carboxylic acids is 1. The summed E-state index contributed by atoms with van der Waals surface area (Å²) in [6, 6.07) is 2.69. The van der Waals surface area contributed by atoms with E-state index in [0.717, 1.165) is 18.3 Å². The van der Waals surface area contributed by atoms with Gasteiger partial charge >= 0.3 is 6.18 Å². The van der Waals surface area contributed by atoms with Crippen molar-refractivity contribution in [2.24, 2.45) is 5.92 Å². The van der Waals surface area contributed by atoms with Crippen LogP contribution in [0, 0.1) is 17.6 Å². The molecule has 1 atom stereocenters. The third kappa shape index (κ3) is 5.16. The minimum Gasteiger partial charge on any atom is -0.351 e. The second kappa shape index (κ2) is 9.12. The van der Waals surface area contributed by atoms with Gasteiger partial charge in [-0.3, -0.25) is 9.00 Å². The van der Waals surface area contributed by atoms with Crippen LogP contribution >= 0.6 is 0 Å². The molecule has 0 saturated carbocycles. The molecule has 6 nitrogen and oxygen atoms in total. The molecule has 12 heteroatoms. The Morgan fingerprint density at radius 3 is 2.35 bits per heavy atom. The number of rotatable bonds is 3. The maximum Gasteiger partial charge on any atom is 0.434 e. The lowest BCUT2D eigenvalue weighted by Crippen LogP contribution is -2.53. The van der Waals surface area contributed by atoms with Crippen molar-refractivity contribution < 1.29 is 31.0 Å². The Morgan fingerprint density at radius 1 is 1.06 bits per heavy atom. The van der Waals surface area contributed by atoms with Crippen LogP contribution in [0.5, 0.6) is 0 Å². The molecule has 3 heterocycles. The number of nitrogens with zero attached hydrogens (tertiary/aromatic N) is 4. The summed E-state index contributed by atoms with van der Waals surface area (Å²) in [5, 5.41) is 0. The van der Waals surface area contributed by atoms with Crippen molar-refractivity contribution in [2.75, 3.05) is 36.0 Å². The van der Waals surface area contributed by atoms with E-state index < -0.39 is 39.1 Å². The highest BCUT2D eigenvalue weighted by atomic mass is 32.2. The number of carbonyl (C=O) groups is 1. The number of hydrogen-bond acceptors (Lipinski definition) is 5. The lowest BCUT2D eigenvalue weighted by atomic mass is 9.96. The molecular formula is C22H23F5N4O2S. The number of piperazine rings is 1. The molecule has 1 aromatic carbocycles. The summed E-state index contributed by atoms with van der Waals surface area (Å²) in [5.41, 5.74) is -0.768. The first-order valence-electron chi connectivity index (χ1n) is 10.7. The van der Waals surface area contributed by atoms with Gasteiger partial charge in [0.05, 0.1) is 18.4 Å². The summed E-state index contributed by atoms with van der Waals surface area (Å²) < 4.78 is 78.3. The molecule has 0 radical (unpaired) electrons. The van der Waals surface area contributed by atoms with E-state index in [4.69, 9.17) is 0 Å². The predicted molar refractivity (Wildman–Crippen MR) is 118 cm³/mol. The molecule has 2 aliphatic heterocycles. The fourth-order valence-corrected chi connectivity index (χ4v) is 5.96. The van der Waals surface area contributed by atoms with E-state index in [1.54, 1.807) is 9.80 Å². The third-order valence-electron chi connectivity index (χ3n) is 6.27. The first-order valence-corrected chi connectivity index (χ1v) is 12.7. The number of benzene rings is 1. The van der Waals surface area contributed by atoms with Crippen LogP contribution in [0.1, 0.15) is 30.1 Å². The Kier molecular flexibility index (Phi) is 6.54. The summed E-state index contributed by atoms with van der Waals surface area (Å²) in [7, 11) is -2.18. The summed E-state index contributed by atoms with van der Waals surface area (Å²) in [5.74, 6) is 1.97. The number of alkyl halides is 3. The van der Waals surface area contributed by atoms with Crippen LogP contribution in [0.15, 0.2) is 30.6 Å². The van der Waals surface area contributed by atoms with Gasteiger partial charge in [-0.25, -0.2) is 18.7 Å². The number of halogens is 5.